The summed E-state index contributed by atoms with van der Waals surface area (Å²) in [4.78, 5) is 29.4. The largest absolute Gasteiger partial charge is 0.367 e. The smallest absolute Gasteiger partial charge is 0.321 e. The van der Waals surface area contributed by atoms with Crippen LogP contribution >= 0.6 is 0 Å². The first-order valence-electron chi connectivity index (χ1n) is 7.83. The van der Waals surface area contributed by atoms with Gasteiger partial charge in [0.25, 0.3) is 0 Å². The van der Waals surface area contributed by atoms with Crippen molar-refractivity contribution in [2.45, 2.75) is 19.3 Å². The summed E-state index contributed by atoms with van der Waals surface area (Å²) >= 11 is 0. The van der Waals surface area contributed by atoms with Crippen molar-refractivity contribution in [2.75, 3.05) is 24.5 Å². The molecular formula is C15H16F2N6O2. The van der Waals surface area contributed by atoms with Crippen LogP contribution in [0.15, 0.2) is 18.5 Å². The standard InChI is InChI=1S/C15H16F2N6O2/c1-15(13(16)17)6-22(7-15)10-4-9(21-23-3-2-18-11(10)23)8-5-19-14(25)20-12(8)24/h2-4,8,13H,5-7H2,1H3,(H2,19,20,24,25). The van der Waals surface area contributed by atoms with Gasteiger partial charge in [-0.05, 0) is 6.07 Å². The number of imide groups is 1. The Bertz CT molecular complexity index is 861. The first-order chi connectivity index (χ1) is 11.9. The highest BCUT2D eigenvalue weighted by atomic mass is 19.3. The molecule has 10 heteroatoms. The zero-order valence-electron chi connectivity index (χ0n) is 13.4. The summed E-state index contributed by atoms with van der Waals surface area (Å²) in [6.45, 7) is 2.07. The highest BCUT2D eigenvalue weighted by Crippen LogP contribution is 2.40. The Morgan fingerprint density at radius 1 is 1.36 bits per heavy atom. The molecule has 25 heavy (non-hydrogen) atoms. The molecule has 2 saturated heterocycles. The van der Waals surface area contributed by atoms with E-state index < -0.39 is 29.7 Å². The minimum absolute atomic E-state index is 0.131. The van der Waals surface area contributed by atoms with Gasteiger partial charge in [0.05, 0.1) is 22.7 Å². The zero-order chi connectivity index (χ0) is 17.8. The van der Waals surface area contributed by atoms with Crippen LogP contribution in [-0.2, 0) is 4.79 Å². The third-order valence-corrected chi connectivity index (χ3v) is 4.71. The number of halogens is 2. The molecule has 132 valence electrons. The summed E-state index contributed by atoms with van der Waals surface area (Å²) in [7, 11) is 0. The molecule has 0 aliphatic carbocycles. The molecule has 2 aromatic heterocycles. The van der Waals surface area contributed by atoms with Gasteiger partial charge in [-0.2, -0.15) is 5.10 Å². The van der Waals surface area contributed by atoms with Crippen LogP contribution in [0.2, 0.25) is 0 Å². The van der Waals surface area contributed by atoms with Gasteiger partial charge in [-0.3, -0.25) is 10.1 Å². The molecule has 0 spiro atoms. The summed E-state index contributed by atoms with van der Waals surface area (Å²) < 4.78 is 27.7. The Kier molecular flexibility index (Phi) is 3.37. The molecule has 2 aliphatic heterocycles. The number of alkyl halides is 2. The predicted octanol–water partition coefficient (Wildman–Crippen LogP) is 0.744. The molecule has 4 rings (SSSR count). The Hall–Kier alpha value is -2.78. The molecule has 8 nitrogen and oxygen atoms in total. The Morgan fingerprint density at radius 2 is 2.12 bits per heavy atom. The number of carbonyl (C=O) groups excluding carboxylic acids is 2. The number of rotatable bonds is 3. The van der Waals surface area contributed by atoms with Gasteiger partial charge in [-0.25, -0.2) is 23.1 Å². The predicted molar refractivity (Wildman–Crippen MR) is 83.6 cm³/mol. The molecule has 2 aliphatic rings. The lowest BCUT2D eigenvalue weighted by molar-refractivity contribution is -0.122. The fraction of sp³-hybridized carbons (Fsp3) is 0.467. The fourth-order valence-corrected chi connectivity index (χ4v) is 3.23. The number of nitrogens with zero attached hydrogens (tertiary/aromatic N) is 4. The van der Waals surface area contributed by atoms with Gasteiger partial charge in [-0.1, -0.05) is 6.92 Å². The van der Waals surface area contributed by atoms with E-state index in [2.05, 4.69) is 20.7 Å². The normalized spacial score (nSPS) is 22.7. The van der Waals surface area contributed by atoms with Gasteiger partial charge in [0.2, 0.25) is 12.3 Å². The number of fused-ring (bicyclic) bond motifs is 1. The second-order valence-corrected chi connectivity index (χ2v) is 6.71. The molecule has 3 amide bonds. The van der Waals surface area contributed by atoms with E-state index in [-0.39, 0.29) is 19.6 Å². The Morgan fingerprint density at radius 3 is 2.80 bits per heavy atom. The van der Waals surface area contributed by atoms with Crippen LogP contribution < -0.4 is 15.5 Å². The maximum atomic E-state index is 13.1. The fourth-order valence-electron chi connectivity index (χ4n) is 3.23. The molecule has 0 saturated carbocycles. The molecule has 0 aromatic carbocycles. The first-order valence-corrected chi connectivity index (χ1v) is 7.83. The number of carbonyl (C=O) groups is 2. The van der Waals surface area contributed by atoms with Crippen molar-refractivity contribution < 1.29 is 18.4 Å². The molecule has 0 radical (unpaired) electrons. The maximum absolute atomic E-state index is 13.1. The van der Waals surface area contributed by atoms with Crippen molar-refractivity contribution in [1.82, 2.24) is 25.2 Å². The molecule has 2 fully saturated rings. The van der Waals surface area contributed by atoms with Gasteiger partial charge in [0.15, 0.2) is 5.65 Å². The monoisotopic (exact) mass is 350 g/mol. The Labute approximate surface area is 141 Å². The van der Waals surface area contributed by atoms with E-state index in [1.807, 2.05) is 0 Å². The van der Waals surface area contributed by atoms with Crippen molar-refractivity contribution in [3.05, 3.63) is 24.2 Å². The number of hydrogen-bond acceptors (Lipinski definition) is 5. The summed E-state index contributed by atoms with van der Waals surface area (Å²) in [5.74, 6) is -1.09. The quantitative estimate of drug-likeness (QED) is 0.852. The van der Waals surface area contributed by atoms with E-state index in [9.17, 15) is 18.4 Å². The van der Waals surface area contributed by atoms with E-state index >= 15 is 0 Å². The molecule has 1 unspecified atom stereocenters. The van der Waals surface area contributed by atoms with Crippen molar-refractivity contribution in [1.29, 1.82) is 0 Å². The molecular weight excluding hydrogens is 334 g/mol. The molecule has 2 N–H and O–H groups in total. The number of anilines is 1. The van der Waals surface area contributed by atoms with Crippen molar-refractivity contribution in [3.8, 4) is 0 Å². The lowest BCUT2D eigenvalue weighted by atomic mass is 9.82. The summed E-state index contributed by atoms with van der Waals surface area (Å²) in [6.07, 6.45) is 0.790. The van der Waals surface area contributed by atoms with Crippen LogP contribution in [-0.4, -0.2) is 52.6 Å². The van der Waals surface area contributed by atoms with Gasteiger partial charge in [0.1, 0.15) is 0 Å². The number of imidazole rings is 1. The minimum atomic E-state index is -2.40. The van der Waals surface area contributed by atoms with E-state index in [1.54, 1.807) is 30.3 Å². The highest BCUT2D eigenvalue weighted by molar-refractivity contribution is 6.00. The lowest BCUT2D eigenvalue weighted by Crippen LogP contribution is -2.58. The van der Waals surface area contributed by atoms with E-state index in [0.717, 1.165) is 0 Å². The van der Waals surface area contributed by atoms with Crippen LogP contribution in [0.4, 0.5) is 19.3 Å². The van der Waals surface area contributed by atoms with Crippen molar-refractivity contribution in [3.63, 3.8) is 0 Å². The van der Waals surface area contributed by atoms with Gasteiger partial charge < -0.3 is 10.2 Å². The van der Waals surface area contributed by atoms with Crippen LogP contribution in [0.1, 0.15) is 18.5 Å². The van der Waals surface area contributed by atoms with E-state index in [1.165, 1.54) is 4.52 Å². The van der Waals surface area contributed by atoms with Crippen LogP contribution in [0.3, 0.4) is 0 Å². The van der Waals surface area contributed by atoms with Crippen LogP contribution in [0.25, 0.3) is 5.65 Å². The lowest BCUT2D eigenvalue weighted by Gasteiger charge is -2.48. The molecule has 2 aromatic rings. The van der Waals surface area contributed by atoms with Gasteiger partial charge in [-0.15, -0.1) is 0 Å². The maximum Gasteiger partial charge on any atom is 0.321 e. The second kappa shape index (κ2) is 5.36. The molecule has 1 atom stereocenters. The summed E-state index contributed by atoms with van der Waals surface area (Å²) in [5, 5.41) is 9.14. The molecule has 0 bridgehead atoms. The number of hydrogen-bond donors (Lipinski definition) is 2. The minimum Gasteiger partial charge on any atom is -0.367 e. The van der Waals surface area contributed by atoms with Crippen LogP contribution in [0.5, 0.6) is 0 Å². The topological polar surface area (TPSA) is 91.6 Å². The number of amides is 3. The van der Waals surface area contributed by atoms with Crippen LogP contribution in [0, 0.1) is 5.41 Å². The van der Waals surface area contributed by atoms with Gasteiger partial charge in [0, 0.05) is 32.0 Å². The Balaban J connectivity index is 1.69. The third-order valence-electron chi connectivity index (χ3n) is 4.71. The molecule has 4 heterocycles. The third kappa shape index (κ3) is 2.48. The summed E-state index contributed by atoms with van der Waals surface area (Å²) in [6, 6.07) is 1.15. The van der Waals surface area contributed by atoms with E-state index in [4.69, 9.17) is 0 Å². The average Bonchev–Trinajstić information content (AvgIpc) is 2.99. The van der Waals surface area contributed by atoms with Crippen molar-refractivity contribution >= 4 is 23.3 Å². The van der Waals surface area contributed by atoms with E-state index in [0.29, 0.717) is 17.0 Å². The van der Waals surface area contributed by atoms with Gasteiger partial charge >= 0.3 is 6.03 Å². The number of nitrogens with one attached hydrogen (secondary N) is 2. The number of urea groups is 1. The van der Waals surface area contributed by atoms with Crippen molar-refractivity contribution in [2.24, 2.45) is 5.41 Å². The SMILES string of the molecule is CC1(C(F)F)CN(c2cc(C3CNC(=O)NC3=O)nn3ccnc23)C1. The summed E-state index contributed by atoms with van der Waals surface area (Å²) in [5.41, 5.74) is 0.588. The second-order valence-electron chi connectivity index (χ2n) is 6.71. The number of aromatic nitrogens is 3. The first kappa shape index (κ1) is 15.7. The highest BCUT2D eigenvalue weighted by Gasteiger charge is 2.47. The zero-order valence-corrected chi connectivity index (χ0v) is 13.4. The average molecular weight is 350 g/mol.